The summed E-state index contributed by atoms with van der Waals surface area (Å²) in [5, 5.41) is 3.02. The third-order valence-electron chi connectivity index (χ3n) is 3.28. The van der Waals surface area contributed by atoms with Crippen LogP contribution in [0.4, 0.5) is 0 Å². The summed E-state index contributed by atoms with van der Waals surface area (Å²) in [5.74, 6) is -0.169. The van der Waals surface area contributed by atoms with Gasteiger partial charge in [-0.1, -0.05) is 30.3 Å². The van der Waals surface area contributed by atoms with Crippen LogP contribution < -0.4 is 10.8 Å². The molecule has 1 heterocycles. The summed E-state index contributed by atoms with van der Waals surface area (Å²) in [6, 6.07) is 9.25. The number of hydrogen-bond donors (Lipinski definition) is 2. The molecule has 1 aliphatic heterocycles. The number of nitrogens with one attached hydrogen (secondary N) is 2. The average molecular weight is 262 g/mol. The van der Waals surface area contributed by atoms with Crippen LogP contribution >= 0.6 is 0 Å². The monoisotopic (exact) mass is 262 g/mol. The summed E-state index contributed by atoms with van der Waals surface area (Å²) in [7, 11) is 0. The van der Waals surface area contributed by atoms with Crippen molar-refractivity contribution in [3.05, 3.63) is 35.9 Å². The Morgan fingerprint density at radius 1 is 1.37 bits per heavy atom. The largest absolute Gasteiger partial charge is 0.305 e. The van der Waals surface area contributed by atoms with E-state index >= 15 is 0 Å². The molecule has 1 aromatic rings. The maximum Gasteiger partial charge on any atom is 0.260 e. The van der Waals surface area contributed by atoms with Crippen LogP contribution in [0.25, 0.3) is 0 Å². The van der Waals surface area contributed by atoms with E-state index in [1.807, 2.05) is 30.3 Å². The maximum absolute atomic E-state index is 11.8. The lowest BCUT2D eigenvalue weighted by Crippen LogP contribution is -2.40. The average Bonchev–Trinajstić information content (AvgIpc) is 2.89. The van der Waals surface area contributed by atoms with E-state index in [9.17, 15) is 9.59 Å². The van der Waals surface area contributed by atoms with Crippen molar-refractivity contribution in [2.24, 2.45) is 5.92 Å². The van der Waals surface area contributed by atoms with Gasteiger partial charge < -0.3 is 5.32 Å². The van der Waals surface area contributed by atoms with Gasteiger partial charge in [-0.2, -0.15) is 0 Å². The number of rotatable bonds is 5. The van der Waals surface area contributed by atoms with E-state index in [0.717, 1.165) is 5.56 Å². The lowest BCUT2D eigenvalue weighted by molar-refractivity contribution is -0.136. The van der Waals surface area contributed by atoms with E-state index in [1.54, 1.807) is 6.92 Å². The van der Waals surface area contributed by atoms with Crippen LogP contribution in [0.3, 0.4) is 0 Å². The van der Waals surface area contributed by atoms with Crippen LogP contribution in [0.5, 0.6) is 0 Å². The minimum atomic E-state index is -0.343. The van der Waals surface area contributed by atoms with E-state index in [1.165, 1.54) is 0 Å². The summed E-state index contributed by atoms with van der Waals surface area (Å²) in [4.78, 5) is 28.2. The van der Waals surface area contributed by atoms with E-state index in [-0.39, 0.29) is 23.7 Å². The molecule has 0 spiro atoms. The van der Waals surface area contributed by atoms with E-state index in [2.05, 4.69) is 10.8 Å². The third-order valence-corrected chi connectivity index (χ3v) is 3.28. The zero-order valence-electron chi connectivity index (χ0n) is 10.9. The molecule has 2 unspecified atom stereocenters. The highest BCUT2D eigenvalue weighted by atomic mass is 16.6. The van der Waals surface area contributed by atoms with Crippen LogP contribution in [0.15, 0.2) is 30.3 Å². The standard InChI is InChI=1S/C14H18N2O3/c1-10(17)12-7-13(15-8-12)14(18)16-19-9-11-5-3-2-4-6-11/h2-6,12-13,15H,7-9H2,1H3,(H,16,18). The predicted octanol–water partition coefficient (Wildman–Crippen LogP) is 0.801. The van der Waals surface area contributed by atoms with Gasteiger partial charge in [0.05, 0.1) is 12.6 Å². The Morgan fingerprint density at radius 2 is 2.11 bits per heavy atom. The number of carbonyl (C=O) groups is 2. The number of amides is 1. The first-order valence-electron chi connectivity index (χ1n) is 6.36. The van der Waals surface area contributed by atoms with Gasteiger partial charge in [-0.05, 0) is 18.9 Å². The number of hydrogen-bond acceptors (Lipinski definition) is 4. The molecule has 0 aliphatic carbocycles. The van der Waals surface area contributed by atoms with Crippen molar-refractivity contribution in [3.63, 3.8) is 0 Å². The quantitative estimate of drug-likeness (QED) is 0.770. The van der Waals surface area contributed by atoms with Gasteiger partial charge in [0, 0.05) is 12.5 Å². The lowest BCUT2D eigenvalue weighted by atomic mass is 10.0. The normalized spacial score (nSPS) is 22.2. The topological polar surface area (TPSA) is 67.4 Å². The second-order valence-electron chi connectivity index (χ2n) is 4.74. The highest BCUT2D eigenvalue weighted by Crippen LogP contribution is 2.14. The fraction of sp³-hybridized carbons (Fsp3) is 0.429. The Morgan fingerprint density at radius 3 is 2.74 bits per heavy atom. The summed E-state index contributed by atoms with van der Waals surface area (Å²) in [6.07, 6.45) is 0.538. The molecule has 1 amide bonds. The first-order chi connectivity index (χ1) is 9.16. The number of carbonyl (C=O) groups excluding carboxylic acids is 2. The van der Waals surface area contributed by atoms with Gasteiger partial charge in [-0.3, -0.25) is 14.4 Å². The van der Waals surface area contributed by atoms with Gasteiger partial charge in [0.15, 0.2) is 0 Å². The van der Waals surface area contributed by atoms with E-state index in [0.29, 0.717) is 19.6 Å². The SMILES string of the molecule is CC(=O)C1CNC(C(=O)NOCc2ccccc2)C1. The van der Waals surface area contributed by atoms with Crippen LogP contribution in [-0.4, -0.2) is 24.3 Å². The smallest absolute Gasteiger partial charge is 0.260 e. The van der Waals surface area contributed by atoms with Gasteiger partial charge in [0.2, 0.25) is 0 Å². The van der Waals surface area contributed by atoms with Crippen LogP contribution in [0.1, 0.15) is 18.9 Å². The van der Waals surface area contributed by atoms with Crippen molar-refractivity contribution in [2.45, 2.75) is 26.0 Å². The van der Waals surface area contributed by atoms with Crippen molar-refractivity contribution in [1.29, 1.82) is 0 Å². The molecule has 0 radical (unpaired) electrons. The molecule has 1 fully saturated rings. The van der Waals surface area contributed by atoms with Gasteiger partial charge >= 0.3 is 0 Å². The molecule has 0 bridgehead atoms. The molecular weight excluding hydrogens is 244 g/mol. The predicted molar refractivity (Wildman–Crippen MR) is 70.0 cm³/mol. The molecule has 1 saturated heterocycles. The molecule has 1 aliphatic rings. The molecule has 1 aromatic carbocycles. The minimum absolute atomic E-state index is 0.0649. The highest BCUT2D eigenvalue weighted by Gasteiger charge is 2.31. The fourth-order valence-corrected chi connectivity index (χ4v) is 2.08. The van der Waals surface area contributed by atoms with Gasteiger partial charge in [-0.15, -0.1) is 0 Å². The van der Waals surface area contributed by atoms with Crippen molar-refractivity contribution in [2.75, 3.05) is 6.54 Å². The van der Waals surface area contributed by atoms with E-state index in [4.69, 9.17) is 4.84 Å². The first-order valence-corrected chi connectivity index (χ1v) is 6.36. The number of benzene rings is 1. The molecule has 0 saturated carbocycles. The van der Waals surface area contributed by atoms with Crippen molar-refractivity contribution < 1.29 is 14.4 Å². The maximum atomic E-state index is 11.8. The lowest BCUT2D eigenvalue weighted by Gasteiger charge is -2.11. The molecule has 2 N–H and O–H groups in total. The molecule has 5 nitrogen and oxygen atoms in total. The molecule has 102 valence electrons. The van der Waals surface area contributed by atoms with Crippen LogP contribution in [0, 0.1) is 5.92 Å². The zero-order chi connectivity index (χ0) is 13.7. The van der Waals surface area contributed by atoms with Crippen molar-refractivity contribution >= 4 is 11.7 Å². The molecule has 2 atom stereocenters. The van der Waals surface area contributed by atoms with Crippen LogP contribution in [-0.2, 0) is 21.0 Å². The van der Waals surface area contributed by atoms with Crippen molar-refractivity contribution in [3.8, 4) is 0 Å². The number of Topliss-reactive ketones (excluding diaryl/α,β-unsaturated/α-hetero) is 1. The minimum Gasteiger partial charge on any atom is -0.305 e. The zero-order valence-corrected chi connectivity index (χ0v) is 10.9. The van der Waals surface area contributed by atoms with Crippen molar-refractivity contribution in [1.82, 2.24) is 10.8 Å². The molecule has 5 heteroatoms. The summed E-state index contributed by atoms with van der Waals surface area (Å²) < 4.78 is 0. The number of ketones is 1. The molecular formula is C14H18N2O3. The highest BCUT2D eigenvalue weighted by molar-refractivity contribution is 5.84. The van der Waals surface area contributed by atoms with Gasteiger partial charge in [-0.25, -0.2) is 5.48 Å². The van der Waals surface area contributed by atoms with Gasteiger partial charge in [0.1, 0.15) is 5.78 Å². The Bertz CT molecular complexity index is 447. The molecule has 19 heavy (non-hydrogen) atoms. The van der Waals surface area contributed by atoms with E-state index < -0.39 is 0 Å². The second kappa shape index (κ2) is 6.45. The first kappa shape index (κ1) is 13.7. The van der Waals surface area contributed by atoms with Crippen LogP contribution in [0.2, 0.25) is 0 Å². The Labute approximate surface area is 112 Å². The fourth-order valence-electron chi connectivity index (χ4n) is 2.08. The number of hydroxylamine groups is 1. The summed E-state index contributed by atoms with van der Waals surface area (Å²) >= 11 is 0. The van der Waals surface area contributed by atoms with Gasteiger partial charge in [0.25, 0.3) is 5.91 Å². The Kier molecular flexibility index (Phi) is 4.65. The molecule has 2 rings (SSSR count). The summed E-state index contributed by atoms with van der Waals surface area (Å²) in [5.41, 5.74) is 3.41. The Balaban J connectivity index is 1.72. The second-order valence-corrected chi connectivity index (χ2v) is 4.74. The summed E-state index contributed by atoms with van der Waals surface area (Å²) in [6.45, 7) is 2.44. The molecule has 0 aromatic heterocycles. The Hall–Kier alpha value is -1.72. The third kappa shape index (κ3) is 3.87.